The maximum atomic E-state index is 6.47. The van der Waals surface area contributed by atoms with Crippen LogP contribution in [0.2, 0.25) is 0 Å². The molecule has 0 aliphatic carbocycles. The fourth-order valence-corrected chi connectivity index (χ4v) is 2.35. The minimum atomic E-state index is 0.341. The molecule has 0 fully saturated rings. The molecule has 126 valence electrons. The van der Waals surface area contributed by atoms with Gasteiger partial charge in [0.25, 0.3) is 0 Å². The van der Waals surface area contributed by atoms with Crippen molar-refractivity contribution in [2.24, 2.45) is 11.7 Å². The van der Waals surface area contributed by atoms with E-state index >= 15 is 0 Å². The van der Waals surface area contributed by atoms with E-state index in [0.717, 1.165) is 47.7 Å². The Morgan fingerprint density at radius 3 is 2.23 bits per heavy atom. The molecule has 0 bridgehead atoms. The Kier molecular flexibility index (Phi) is 10.2. The first-order valence-corrected chi connectivity index (χ1v) is 8.45. The summed E-state index contributed by atoms with van der Waals surface area (Å²) in [6, 6.07) is 0.341. The van der Waals surface area contributed by atoms with E-state index in [4.69, 9.17) is 17.3 Å². The van der Waals surface area contributed by atoms with Crippen LogP contribution < -0.4 is 11.1 Å². The highest BCUT2D eigenvalue weighted by atomic mass is 35.5. The average molecular weight is 325 g/mol. The van der Waals surface area contributed by atoms with Gasteiger partial charge in [-0.15, -0.1) is 0 Å². The molecule has 1 atom stereocenters. The zero-order valence-corrected chi connectivity index (χ0v) is 15.7. The van der Waals surface area contributed by atoms with Gasteiger partial charge in [-0.1, -0.05) is 37.3 Å². The number of nitrogens with one attached hydrogen (secondary N) is 1. The Labute approximate surface area is 142 Å². The summed E-state index contributed by atoms with van der Waals surface area (Å²) in [4.78, 5) is 0. The second kappa shape index (κ2) is 10.7. The van der Waals surface area contributed by atoms with Gasteiger partial charge in [-0.2, -0.15) is 0 Å². The lowest BCUT2D eigenvalue weighted by atomic mass is 9.95. The fourth-order valence-electron chi connectivity index (χ4n) is 2.10. The van der Waals surface area contributed by atoms with Gasteiger partial charge in [-0.25, -0.2) is 0 Å². The third kappa shape index (κ3) is 8.45. The topological polar surface area (TPSA) is 38.0 Å². The standard InChI is InChI=1S/C19H33ClN2/c1-13(2)18(9-8-15(5)10-11-21)12-19(20)16(6)17(7)22-14(3)4/h12,14-15,22H,1,7-11,21H2,2-6H3/b18-12-,19-16-. The fraction of sp³-hybridized carbons (Fsp3) is 0.579. The maximum Gasteiger partial charge on any atom is 0.0458 e. The molecule has 0 amide bonds. The molecule has 0 radical (unpaired) electrons. The van der Waals surface area contributed by atoms with Crippen molar-refractivity contribution in [3.8, 4) is 0 Å². The van der Waals surface area contributed by atoms with Crippen LogP contribution >= 0.6 is 11.6 Å². The summed E-state index contributed by atoms with van der Waals surface area (Å²) in [7, 11) is 0. The number of allylic oxidation sites excluding steroid dienone is 5. The van der Waals surface area contributed by atoms with Crippen LogP contribution in [0.3, 0.4) is 0 Å². The Morgan fingerprint density at radius 2 is 1.77 bits per heavy atom. The van der Waals surface area contributed by atoms with E-state index in [1.54, 1.807) is 0 Å². The van der Waals surface area contributed by atoms with Gasteiger partial charge in [0.05, 0.1) is 0 Å². The van der Waals surface area contributed by atoms with E-state index in [0.29, 0.717) is 12.0 Å². The van der Waals surface area contributed by atoms with E-state index in [-0.39, 0.29) is 0 Å². The van der Waals surface area contributed by atoms with E-state index in [9.17, 15) is 0 Å². The van der Waals surface area contributed by atoms with Crippen molar-refractivity contribution < 1.29 is 0 Å². The summed E-state index contributed by atoms with van der Waals surface area (Å²) in [6.45, 7) is 19.3. The molecule has 0 spiro atoms. The van der Waals surface area contributed by atoms with Gasteiger partial charge < -0.3 is 11.1 Å². The molecule has 0 saturated carbocycles. The smallest absolute Gasteiger partial charge is 0.0458 e. The van der Waals surface area contributed by atoms with E-state index < -0.39 is 0 Å². The maximum absolute atomic E-state index is 6.47. The quantitative estimate of drug-likeness (QED) is 0.537. The Morgan fingerprint density at radius 1 is 1.18 bits per heavy atom. The molecule has 3 heteroatoms. The van der Waals surface area contributed by atoms with Crippen molar-refractivity contribution in [3.63, 3.8) is 0 Å². The monoisotopic (exact) mass is 324 g/mol. The normalized spacial score (nSPS) is 14.6. The van der Waals surface area contributed by atoms with Crippen LogP contribution in [-0.4, -0.2) is 12.6 Å². The molecule has 2 nitrogen and oxygen atoms in total. The number of nitrogens with two attached hydrogens (primary N) is 1. The van der Waals surface area contributed by atoms with Gasteiger partial charge in [-0.3, -0.25) is 0 Å². The van der Waals surface area contributed by atoms with Crippen LogP contribution in [0.5, 0.6) is 0 Å². The van der Waals surface area contributed by atoms with Crippen LogP contribution in [-0.2, 0) is 0 Å². The lowest BCUT2D eigenvalue weighted by Gasteiger charge is -2.15. The van der Waals surface area contributed by atoms with Gasteiger partial charge in [0.1, 0.15) is 0 Å². The minimum absolute atomic E-state index is 0.341. The Bertz CT molecular complexity index is 444. The molecule has 0 aromatic carbocycles. The van der Waals surface area contributed by atoms with Crippen molar-refractivity contribution in [3.05, 3.63) is 46.7 Å². The lowest BCUT2D eigenvalue weighted by molar-refractivity contribution is 0.500. The van der Waals surface area contributed by atoms with E-state index in [1.807, 2.05) is 19.9 Å². The van der Waals surface area contributed by atoms with Gasteiger partial charge in [0, 0.05) is 16.8 Å². The predicted molar refractivity (Wildman–Crippen MR) is 101 cm³/mol. The summed E-state index contributed by atoms with van der Waals surface area (Å²) in [6.07, 6.45) is 5.16. The third-order valence-corrected chi connectivity index (χ3v) is 4.08. The predicted octanol–water partition coefficient (Wildman–Crippen LogP) is 5.28. The summed E-state index contributed by atoms with van der Waals surface area (Å²) < 4.78 is 0. The summed E-state index contributed by atoms with van der Waals surface area (Å²) in [5.41, 5.74) is 9.72. The number of hydrogen-bond acceptors (Lipinski definition) is 2. The molecule has 0 saturated heterocycles. The molecule has 0 aromatic rings. The van der Waals surface area contributed by atoms with Crippen LogP contribution in [0.15, 0.2) is 46.7 Å². The third-order valence-electron chi connectivity index (χ3n) is 3.69. The summed E-state index contributed by atoms with van der Waals surface area (Å²) in [5.74, 6) is 0.620. The van der Waals surface area contributed by atoms with E-state index in [2.05, 4.69) is 39.2 Å². The van der Waals surface area contributed by atoms with E-state index in [1.165, 1.54) is 5.57 Å². The zero-order chi connectivity index (χ0) is 17.3. The van der Waals surface area contributed by atoms with Crippen LogP contribution in [0.1, 0.15) is 53.9 Å². The highest BCUT2D eigenvalue weighted by Crippen LogP contribution is 2.24. The second-order valence-electron chi connectivity index (χ2n) is 6.42. The Balaban J connectivity index is 5.03. The highest BCUT2D eigenvalue weighted by molar-refractivity contribution is 6.31. The average Bonchev–Trinajstić information content (AvgIpc) is 2.41. The van der Waals surface area contributed by atoms with Gasteiger partial charge >= 0.3 is 0 Å². The molecule has 3 N–H and O–H groups in total. The number of halogens is 1. The first kappa shape index (κ1) is 21.0. The number of hydrogen-bond donors (Lipinski definition) is 2. The van der Waals surface area contributed by atoms with Gasteiger partial charge in [0.15, 0.2) is 0 Å². The molecule has 0 aliphatic rings. The largest absolute Gasteiger partial charge is 0.383 e. The molecule has 0 rings (SSSR count). The van der Waals surface area contributed by atoms with Crippen LogP contribution in [0, 0.1) is 5.92 Å². The second-order valence-corrected chi connectivity index (χ2v) is 6.83. The first-order chi connectivity index (χ1) is 10.2. The summed E-state index contributed by atoms with van der Waals surface area (Å²) >= 11 is 6.47. The first-order valence-electron chi connectivity index (χ1n) is 8.07. The van der Waals surface area contributed by atoms with Gasteiger partial charge in [0.2, 0.25) is 0 Å². The molecule has 0 aliphatic heterocycles. The SMILES string of the molecule is C=C(C)/C(=C\C(Cl)=C(/C)C(=C)NC(C)C)CCC(C)CCN. The molecular weight excluding hydrogens is 292 g/mol. The Hall–Kier alpha value is -0.990. The molecule has 22 heavy (non-hydrogen) atoms. The summed E-state index contributed by atoms with van der Waals surface area (Å²) in [5, 5.41) is 4.02. The van der Waals surface area contributed by atoms with Crippen molar-refractivity contribution in [1.29, 1.82) is 0 Å². The molecular formula is C19H33ClN2. The molecule has 0 heterocycles. The lowest BCUT2D eigenvalue weighted by Crippen LogP contribution is -2.22. The molecule has 0 aromatic heterocycles. The van der Waals surface area contributed by atoms with Crippen LogP contribution in [0.25, 0.3) is 0 Å². The minimum Gasteiger partial charge on any atom is -0.383 e. The van der Waals surface area contributed by atoms with Crippen molar-refractivity contribution in [1.82, 2.24) is 5.32 Å². The molecule has 1 unspecified atom stereocenters. The number of rotatable bonds is 10. The van der Waals surface area contributed by atoms with Crippen molar-refractivity contribution >= 4 is 11.6 Å². The van der Waals surface area contributed by atoms with Crippen molar-refractivity contribution in [2.75, 3.05) is 6.54 Å². The van der Waals surface area contributed by atoms with Crippen molar-refractivity contribution in [2.45, 2.75) is 59.9 Å². The highest BCUT2D eigenvalue weighted by Gasteiger charge is 2.08. The zero-order valence-electron chi connectivity index (χ0n) is 14.9. The van der Waals surface area contributed by atoms with Crippen LogP contribution in [0.4, 0.5) is 0 Å². The van der Waals surface area contributed by atoms with Gasteiger partial charge in [-0.05, 0) is 76.6 Å².